The van der Waals surface area contributed by atoms with Gasteiger partial charge >= 0.3 is 0 Å². The number of ether oxygens (including phenoxy) is 1. The number of carbonyl (C=O) groups excluding carboxylic acids is 1. The van der Waals surface area contributed by atoms with Crippen molar-refractivity contribution >= 4 is 11.7 Å². The molecule has 1 aromatic rings. The summed E-state index contributed by atoms with van der Waals surface area (Å²) < 4.78 is 5.40. The van der Waals surface area contributed by atoms with E-state index in [1.807, 2.05) is 13.8 Å². The number of aliphatic hydroxyl groups excluding tert-OH is 1. The zero-order chi connectivity index (χ0) is 15.8. The Labute approximate surface area is 123 Å². The lowest BCUT2D eigenvalue weighted by Crippen LogP contribution is -2.41. The number of oxime groups is 1. The van der Waals surface area contributed by atoms with Gasteiger partial charge in [0.25, 0.3) is 5.91 Å². The monoisotopic (exact) mass is 295 g/mol. The smallest absolute Gasteiger partial charge is 0.260 e. The molecule has 0 spiro atoms. The molecule has 1 rings (SSSR count). The summed E-state index contributed by atoms with van der Waals surface area (Å²) in [6, 6.07) is 6.51. The summed E-state index contributed by atoms with van der Waals surface area (Å²) in [7, 11) is 0. The molecular formula is C14H21N3O4. The molecule has 7 heteroatoms. The molecule has 0 aliphatic heterocycles. The number of nitrogens with two attached hydrogens (primary N) is 1. The molecule has 1 amide bonds. The minimum Gasteiger partial charge on any atom is -0.484 e. The number of benzene rings is 1. The Morgan fingerprint density at radius 2 is 2.00 bits per heavy atom. The van der Waals surface area contributed by atoms with Crippen LogP contribution in [0.1, 0.15) is 19.4 Å². The maximum absolute atomic E-state index is 12.0. The van der Waals surface area contributed by atoms with Crippen LogP contribution < -0.4 is 10.5 Å². The Bertz CT molecular complexity index is 485. The fraction of sp³-hybridized carbons (Fsp3) is 0.429. The second-order valence-corrected chi connectivity index (χ2v) is 4.70. The van der Waals surface area contributed by atoms with Gasteiger partial charge in [0.05, 0.1) is 6.61 Å². The summed E-state index contributed by atoms with van der Waals surface area (Å²) in [6.45, 7) is 3.83. The van der Waals surface area contributed by atoms with Gasteiger partial charge in [-0.2, -0.15) is 0 Å². The Balaban J connectivity index is 2.60. The van der Waals surface area contributed by atoms with Gasteiger partial charge in [-0.3, -0.25) is 4.79 Å². The van der Waals surface area contributed by atoms with Crippen molar-refractivity contribution in [1.29, 1.82) is 0 Å². The van der Waals surface area contributed by atoms with E-state index >= 15 is 0 Å². The van der Waals surface area contributed by atoms with E-state index in [9.17, 15) is 4.79 Å². The first-order valence-electron chi connectivity index (χ1n) is 6.60. The number of amides is 1. The number of nitrogens with zero attached hydrogens (tertiary/aromatic N) is 2. The Morgan fingerprint density at radius 3 is 2.48 bits per heavy atom. The number of amidine groups is 1. The van der Waals surface area contributed by atoms with E-state index in [1.54, 1.807) is 29.2 Å². The van der Waals surface area contributed by atoms with Gasteiger partial charge in [-0.1, -0.05) is 5.16 Å². The van der Waals surface area contributed by atoms with Gasteiger partial charge in [0.15, 0.2) is 12.4 Å². The lowest BCUT2D eigenvalue weighted by Gasteiger charge is -2.25. The highest BCUT2D eigenvalue weighted by atomic mass is 16.5. The fourth-order valence-corrected chi connectivity index (χ4v) is 1.79. The highest BCUT2D eigenvalue weighted by Gasteiger charge is 2.16. The molecule has 0 heterocycles. The maximum atomic E-state index is 12.0. The average molecular weight is 295 g/mol. The fourth-order valence-electron chi connectivity index (χ4n) is 1.79. The molecule has 0 saturated carbocycles. The Hall–Kier alpha value is -2.28. The van der Waals surface area contributed by atoms with Crippen LogP contribution in [0.5, 0.6) is 5.75 Å². The van der Waals surface area contributed by atoms with Crippen LogP contribution in [-0.2, 0) is 4.79 Å². The van der Waals surface area contributed by atoms with Crippen molar-refractivity contribution < 1.29 is 19.8 Å². The molecule has 0 saturated heterocycles. The summed E-state index contributed by atoms with van der Waals surface area (Å²) in [5, 5.41) is 20.4. The molecule has 21 heavy (non-hydrogen) atoms. The summed E-state index contributed by atoms with van der Waals surface area (Å²) in [5.74, 6) is 0.316. The Kier molecular flexibility index (Phi) is 6.48. The average Bonchev–Trinajstić information content (AvgIpc) is 2.49. The van der Waals surface area contributed by atoms with Crippen LogP contribution >= 0.6 is 0 Å². The first-order valence-corrected chi connectivity index (χ1v) is 6.60. The van der Waals surface area contributed by atoms with E-state index < -0.39 is 0 Å². The topological polar surface area (TPSA) is 108 Å². The molecule has 0 aliphatic rings. The van der Waals surface area contributed by atoms with Crippen LogP contribution in [0.3, 0.4) is 0 Å². The van der Waals surface area contributed by atoms with Crippen molar-refractivity contribution in [2.45, 2.75) is 19.9 Å². The lowest BCUT2D eigenvalue weighted by atomic mass is 10.2. The van der Waals surface area contributed by atoms with Gasteiger partial charge in [0.2, 0.25) is 0 Å². The molecule has 116 valence electrons. The predicted molar refractivity (Wildman–Crippen MR) is 78.4 cm³/mol. The van der Waals surface area contributed by atoms with Crippen molar-refractivity contribution in [3.63, 3.8) is 0 Å². The van der Waals surface area contributed by atoms with Gasteiger partial charge < -0.3 is 25.7 Å². The quantitative estimate of drug-likeness (QED) is 0.292. The van der Waals surface area contributed by atoms with Crippen LogP contribution in [-0.4, -0.2) is 52.8 Å². The SMILES string of the molecule is CC(C)N(CCO)C(=O)COc1ccc(C(N)=NO)cc1. The maximum Gasteiger partial charge on any atom is 0.260 e. The molecule has 0 aromatic heterocycles. The zero-order valence-electron chi connectivity index (χ0n) is 12.2. The third-order valence-electron chi connectivity index (χ3n) is 2.90. The van der Waals surface area contributed by atoms with E-state index in [4.69, 9.17) is 20.8 Å². The number of hydrogen-bond acceptors (Lipinski definition) is 5. The predicted octanol–water partition coefficient (Wildman–Crippen LogP) is 0.389. The summed E-state index contributed by atoms with van der Waals surface area (Å²) in [6.07, 6.45) is 0. The van der Waals surface area contributed by atoms with Gasteiger partial charge in [-0.05, 0) is 38.1 Å². The van der Waals surface area contributed by atoms with Crippen molar-refractivity contribution in [2.24, 2.45) is 10.9 Å². The molecule has 4 N–H and O–H groups in total. The third kappa shape index (κ3) is 4.96. The largest absolute Gasteiger partial charge is 0.484 e. The number of carbonyl (C=O) groups is 1. The first kappa shape index (κ1) is 16.8. The summed E-state index contributed by atoms with van der Waals surface area (Å²) >= 11 is 0. The van der Waals surface area contributed by atoms with Crippen molar-refractivity contribution in [3.8, 4) is 5.75 Å². The summed E-state index contributed by atoms with van der Waals surface area (Å²) in [4.78, 5) is 13.5. The zero-order valence-corrected chi connectivity index (χ0v) is 12.2. The Morgan fingerprint density at radius 1 is 1.38 bits per heavy atom. The van der Waals surface area contributed by atoms with Crippen LogP contribution in [0.25, 0.3) is 0 Å². The molecule has 0 atom stereocenters. The molecule has 0 radical (unpaired) electrons. The normalized spacial score (nSPS) is 11.5. The molecule has 1 aromatic carbocycles. The van der Waals surface area contributed by atoms with Gasteiger partial charge in [0, 0.05) is 18.2 Å². The summed E-state index contributed by atoms with van der Waals surface area (Å²) in [5.41, 5.74) is 6.00. The van der Waals surface area contributed by atoms with Gasteiger partial charge in [-0.25, -0.2) is 0 Å². The number of aliphatic hydroxyl groups is 1. The molecule has 7 nitrogen and oxygen atoms in total. The van der Waals surface area contributed by atoms with Gasteiger partial charge in [0.1, 0.15) is 5.75 Å². The number of hydrogen-bond donors (Lipinski definition) is 3. The molecule has 0 unspecified atom stereocenters. The molecular weight excluding hydrogens is 274 g/mol. The molecule has 0 fully saturated rings. The van der Waals surface area contributed by atoms with Crippen molar-refractivity contribution in [3.05, 3.63) is 29.8 Å². The minimum atomic E-state index is -0.195. The molecule has 0 aliphatic carbocycles. The van der Waals surface area contributed by atoms with Crippen LogP contribution in [0.15, 0.2) is 29.4 Å². The first-order chi connectivity index (χ1) is 9.99. The standard InChI is InChI=1S/C14H21N3O4/c1-10(2)17(7-8-18)13(19)9-21-12-5-3-11(4-6-12)14(15)16-20/h3-6,10,18,20H,7-9H2,1-2H3,(H2,15,16). The van der Waals surface area contributed by atoms with E-state index in [1.165, 1.54) is 0 Å². The van der Waals surface area contributed by atoms with Crippen LogP contribution in [0, 0.1) is 0 Å². The van der Waals surface area contributed by atoms with E-state index in [0.29, 0.717) is 11.3 Å². The van der Waals surface area contributed by atoms with Crippen molar-refractivity contribution in [1.82, 2.24) is 4.90 Å². The number of rotatable bonds is 7. The lowest BCUT2D eigenvalue weighted by molar-refractivity contribution is -0.135. The highest BCUT2D eigenvalue weighted by Crippen LogP contribution is 2.12. The van der Waals surface area contributed by atoms with E-state index in [2.05, 4.69) is 5.16 Å². The van der Waals surface area contributed by atoms with Crippen molar-refractivity contribution in [2.75, 3.05) is 19.8 Å². The van der Waals surface area contributed by atoms with E-state index in [-0.39, 0.29) is 37.5 Å². The van der Waals surface area contributed by atoms with E-state index in [0.717, 1.165) is 0 Å². The minimum absolute atomic E-state index is 0.00353. The second kappa shape index (κ2) is 8.11. The van der Waals surface area contributed by atoms with Crippen LogP contribution in [0.4, 0.5) is 0 Å². The second-order valence-electron chi connectivity index (χ2n) is 4.70. The van der Waals surface area contributed by atoms with Crippen LogP contribution in [0.2, 0.25) is 0 Å². The molecule has 0 bridgehead atoms. The third-order valence-corrected chi connectivity index (χ3v) is 2.90. The highest BCUT2D eigenvalue weighted by molar-refractivity contribution is 5.97. The van der Waals surface area contributed by atoms with Gasteiger partial charge in [-0.15, -0.1) is 0 Å².